The molecule has 0 bridgehead atoms. The van der Waals surface area contributed by atoms with Crippen molar-refractivity contribution in [2.24, 2.45) is 0 Å². The van der Waals surface area contributed by atoms with E-state index in [9.17, 15) is 63.9 Å². The average molecular weight is 2020 g/mol. The third kappa shape index (κ3) is 26.7. The Hall–Kier alpha value is -5.18. The molecule has 0 unspecified atom stereocenters. The van der Waals surface area contributed by atoms with Crippen LogP contribution in [0.2, 0.25) is 30.1 Å². The summed E-state index contributed by atoms with van der Waals surface area (Å²) in [6, 6.07) is 39.9. The first kappa shape index (κ1) is 104. The van der Waals surface area contributed by atoms with Crippen LogP contribution in [0.4, 0.5) is 13.2 Å². The van der Waals surface area contributed by atoms with E-state index >= 15 is 0 Å². The van der Waals surface area contributed by atoms with Gasteiger partial charge in [-0.3, -0.25) is 56.6 Å². The molecule has 42 heteroatoms. The first-order valence-corrected chi connectivity index (χ1v) is 40.6. The van der Waals surface area contributed by atoms with E-state index in [-0.39, 0.29) is 250 Å². The second kappa shape index (κ2) is 46.9. The Morgan fingerprint density at radius 2 is 0.846 bits per heavy atom. The molecule has 13 rings (SSSR count). The zero-order valence-electron chi connectivity index (χ0n) is 61.5. The van der Waals surface area contributed by atoms with Gasteiger partial charge in [-0.2, -0.15) is 16.8 Å². The standard InChI is InChI=1S/C25H20Cl2FNO7S.C24H18Cl2FNO7S.C23H14Cl2FNO4.CH2O3.CH4.CH3.BBr3.BH4.2K.H/c1-34-23-18(22-19(26)8-5-9-20(22)27)10-14(28)11-21(23)35-13-15(36-37(2,32)33)12-29-24(30)16-6-3-4-7-17(16)25(29)31;1-36(32,33)35-14(11-28-23(30)15-5-2-3-6-16(15)24(28)31)12-34-20-10-13(27)9-17(22(20)29)21-18(25)7-4-8-19(21)26;24-17-6-3-7-18(25)20(17)16-8-12(26)9-19-21(16)31-13(11-30-19)10-27-22(28)14-4-1-2-5-15(14)23(27)29;2-1-4-3;;;2-1(3)4;;;;/h3-11,15H,12-13H2,1-2H3;2-10,14,29H,11-12H2,1H3;1-9,13H,10-11H2;1,3H;1H4;1H3;;1H4;;;/q;;;;;-1;;-1;2*+1;-1/p-1/t15-;14-;13-;;;;;;;;/m110......../s1. The van der Waals surface area contributed by atoms with Gasteiger partial charge < -0.3 is 47.8 Å². The SMILES string of the molecule is BrB(Br)Br.C.COc1c(OC[C@@H](CN2C(=O)c3ccccc3C2=O)OS(C)(=O)=O)cc(F)cc1-c1c(Cl)cccc1Cl.CS(=O)(=O)O[C@@H](COc1cc(F)cc(-c2c(Cl)cccc2Cl)c1O)CN1C(=O)c2ccccc2C1=O.O=C1c2ccccc2C(=O)N1C[C@H]1COc2cc(F)cc(-c3c(Cl)cccc3Cl)c2O1.O=CO[O-].[BH4-].[CH3-].[H-].[K+].[K+]. The quantitative estimate of drug-likeness (QED) is 0.0133. The number of hydrogen-bond donors (Lipinski definition) is 1. The van der Waals surface area contributed by atoms with Crippen LogP contribution in [-0.2, 0) is 38.3 Å². The first-order chi connectivity index (χ1) is 53.0. The number of carbonyl (C=O) groups excluding carboxylic acids is 7. The fraction of sp³-hybridized carbons (Fsp3) is 0.173. The fourth-order valence-electron chi connectivity index (χ4n) is 11.6. The number of carbonyl (C=O) groups is 7. The molecule has 1 N–H and O–H groups in total. The predicted octanol–water partition coefficient (Wildman–Crippen LogP) is 8.93. The molecule has 4 aliphatic heterocycles. The molecule has 0 radical (unpaired) electrons. The number of rotatable bonds is 21. The summed E-state index contributed by atoms with van der Waals surface area (Å²) in [5, 5.41) is 20.6. The van der Waals surface area contributed by atoms with Gasteiger partial charge in [-0.15, -0.1) is 47.3 Å². The summed E-state index contributed by atoms with van der Waals surface area (Å²) in [5.41, 5.74) is 2.81. The molecule has 0 fully saturated rings. The Morgan fingerprint density at radius 1 is 0.538 bits per heavy atom. The van der Waals surface area contributed by atoms with E-state index < -0.39 is 112 Å². The molecular formula is C75H65B2Br3Cl6F3K2N3O21S2-2. The van der Waals surface area contributed by atoms with Gasteiger partial charge in [0, 0.05) is 51.6 Å². The number of phenolic OH excluding ortho intramolecular Hbond substituents is 1. The van der Waals surface area contributed by atoms with Gasteiger partial charge >= 0.3 is 106 Å². The van der Waals surface area contributed by atoms with E-state index in [0.717, 1.165) is 45.4 Å². The van der Waals surface area contributed by atoms with E-state index in [0.29, 0.717) is 37.9 Å². The summed E-state index contributed by atoms with van der Waals surface area (Å²) in [4.78, 5) is 90.3. The largest absolute Gasteiger partial charge is 1.00 e. The van der Waals surface area contributed by atoms with Gasteiger partial charge in [-0.05, 0) is 91.0 Å². The second-order valence-corrected chi connectivity index (χ2v) is 35.7. The van der Waals surface area contributed by atoms with E-state index in [1.807, 2.05) is 0 Å². The Labute approximate surface area is 814 Å². The van der Waals surface area contributed by atoms with Gasteiger partial charge in [0.25, 0.3) is 62.2 Å². The summed E-state index contributed by atoms with van der Waals surface area (Å²) in [7, 11) is -6.75. The maximum atomic E-state index is 14.6. The van der Waals surface area contributed by atoms with Gasteiger partial charge in [0.05, 0.1) is 103 Å². The summed E-state index contributed by atoms with van der Waals surface area (Å²) >= 11 is 46.9. The van der Waals surface area contributed by atoms with Crippen molar-refractivity contribution in [3.8, 4) is 67.9 Å². The number of nitrogens with zero attached hydrogens (tertiary/aromatic N) is 3. The van der Waals surface area contributed by atoms with Crippen molar-refractivity contribution in [3.63, 3.8) is 0 Å². The second-order valence-electron chi connectivity index (χ2n) is 23.6. The monoisotopic (exact) mass is 2010 g/mol. The van der Waals surface area contributed by atoms with Crippen molar-refractivity contribution in [1.82, 2.24) is 14.7 Å². The molecule has 0 aromatic heterocycles. The van der Waals surface area contributed by atoms with Crippen LogP contribution in [0.15, 0.2) is 164 Å². The summed E-state index contributed by atoms with van der Waals surface area (Å²) in [6.45, 7) is -2.10. The molecule has 6 amide bonds. The zero-order valence-corrected chi connectivity index (χ0v) is 77.7. The Balaban J connectivity index is 0.000000427. The average Bonchev–Trinajstić information content (AvgIpc) is 0.946. The normalized spacial score (nSPS) is 13.7. The van der Waals surface area contributed by atoms with Crippen LogP contribution >= 0.6 is 117 Å². The van der Waals surface area contributed by atoms with Crippen molar-refractivity contribution >= 4 is 191 Å². The van der Waals surface area contributed by atoms with E-state index in [1.165, 1.54) is 61.7 Å². The number of methoxy groups -OCH3 is 1. The molecule has 4 heterocycles. The number of ether oxygens (including phenoxy) is 5. The third-order valence-corrected chi connectivity index (χ3v) is 19.1. The number of phenols is 1. The van der Waals surface area contributed by atoms with Crippen molar-refractivity contribution in [1.29, 1.82) is 0 Å². The number of fused-ring (bicyclic) bond motifs is 4. The molecule has 0 aliphatic carbocycles. The van der Waals surface area contributed by atoms with Crippen LogP contribution in [-0.4, -0.2) is 168 Å². The molecule has 4 aliphatic rings. The number of hydrogen-bond acceptors (Lipinski definition) is 21. The van der Waals surface area contributed by atoms with Crippen LogP contribution in [0, 0.1) is 24.9 Å². The molecule has 9 aromatic carbocycles. The summed E-state index contributed by atoms with van der Waals surface area (Å²) < 4.78 is 130. The van der Waals surface area contributed by atoms with E-state index in [4.69, 9.17) is 112 Å². The molecule has 24 nitrogen and oxygen atoms in total. The number of benzene rings is 9. The number of aromatic hydroxyl groups is 1. The topological polar surface area (TPSA) is 315 Å². The van der Waals surface area contributed by atoms with Gasteiger partial charge in [-0.1, -0.05) is 140 Å². The van der Waals surface area contributed by atoms with Crippen molar-refractivity contribution in [2.75, 3.05) is 59.1 Å². The third-order valence-electron chi connectivity index (χ3n) is 16.0. The molecule has 612 valence electrons. The minimum absolute atomic E-state index is 0. The van der Waals surface area contributed by atoms with Gasteiger partial charge in [0.1, 0.15) is 49.5 Å². The van der Waals surface area contributed by atoms with E-state index in [2.05, 4.69) is 52.2 Å². The molecule has 3 atom stereocenters. The number of halogens is 12. The zero-order chi connectivity index (χ0) is 81.8. The minimum Gasteiger partial charge on any atom is -1.00 e. The Morgan fingerprint density at radius 3 is 1.20 bits per heavy atom. The fourth-order valence-corrected chi connectivity index (χ4v) is 14.6. The van der Waals surface area contributed by atoms with Gasteiger partial charge in [0.2, 0.25) is 0 Å². The van der Waals surface area contributed by atoms with Crippen LogP contribution in [0.3, 0.4) is 0 Å². The Bertz CT molecular complexity index is 5270. The molecule has 0 spiro atoms. The molecule has 117 heavy (non-hydrogen) atoms. The maximum absolute atomic E-state index is 14.6. The van der Waals surface area contributed by atoms with Gasteiger partial charge in [-0.25, -0.2) is 13.2 Å². The summed E-state index contributed by atoms with van der Waals surface area (Å²) in [6.07, 6.45) is -1.71. The van der Waals surface area contributed by atoms with Crippen LogP contribution in [0.5, 0.6) is 34.5 Å². The van der Waals surface area contributed by atoms with Crippen molar-refractivity contribution in [3.05, 3.63) is 252 Å². The summed E-state index contributed by atoms with van der Waals surface area (Å²) in [5.74, 6) is -5.68. The number of imide groups is 3. The van der Waals surface area contributed by atoms with E-state index in [1.54, 1.807) is 91.0 Å². The number of amides is 6. The predicted molar refractivity (Wildman–Crippen MR) is 445 cm³/mol. The maximum Gasteiger partial charge on any atom is 1.00 e. The van der Waals surface area contributed by atoms with Crippen LogP contribution in [0.1, 0.15) is 71.0 Å². The van der Waals surface area contributed by atoms with Crippen molar-refractivity contribution < 1.29 is 215 Å². The molecule has 0 saturated heterocycles. The molecular weight excluding hydrogens is 1950 g/mol. The van der Waals surface area contributed by atoms with Crippen LogP contribution < -0.4 is 132 Å². The molecule has 0 saturated carbocycles. The van der Waals surface area contributed by atoms with Gasteiger partial charge in [0.15, 0.2) is 40.6 Å². The minimum atomic E-state index is -4.05. The van der Waals surface area contributed by atoms with Crippen LogP contribution in [0.25, 0.3) is 33.4 Å². The van der Waals surface area contributed by atoms with Crippen molar-refractivity contribution in [2.45, 2.75) is 25.7 Å². The smallest absolute Gasteiger partial charge is 1.00 e. The molecule has 9 aromatic rings. The first-order valence-electron chi connectivity index (χ1n) is 31.9. The Kier molecular flexibility index (Phi) is 41.8.